The predicted molar refractivity (Wildman–Crippen MR) is 189 cm³/mol. The van der Waals surface area contributed by atoms with Gasteiger partial charge in [0.2, 0.25) is 11.8 Å². The fourth-order valence-corrected chi connectivity index (χ4v) is 6.93. The smallest absolute Gasteiger partial charge is 0.264 e. The van der Waals surface area contributed by atoms with Crippen LogP contribution in [0.1, 0.15) is 43.0 Å². The molecule has 1 atom stereocenters. The number of hydrogen-bond acceptors (Lipinski definition) is 6. The number of rotatable bonds is 13. The van der Waals surface area contributed by atoms with Crippen LogP contribution < -0.4 is 19.1 Å². The number of nitrogens with zero attached hydrogens (tertiary/aromatic N) is 2. The van der Waals surface area contributed by atoms with E-state index in [1.807, 2.05) is 101 Å². The van der Waals surface area contributed by atoms with Crippen LogP contribution in [0.25, 0.3) is 0 Å². The molecule has 254 valence electrons. The Hall–Kier alpha value is -4.83. The molecule has 1 N–H and O–H groups in total. The zero-order valence-corrected chi connectivity index (χ0v) is 29.5. The third-order valence-corrected chi connectivity index (χ3v) is 9.45. The van der Waals surface area contributed by atoms with Crippen molar-refractivity contribution in [3.8, 4) is 11.5 Å². The second-order valence-corrected chi connectivity index (χ2v) is 14.7. The van der Waals surface area contributed by atoms with Crippen molar-refractivity contribution in [3.05, 3.63) is 119 Å². The Morgan fingerprint density at radius 3 is 1.88 bits per heavy atom. The molecule has 4 rings (SSSR count). The standard InChI is InChI=1S/C38H45N3O6S/c1-27-20-28(2)22-31(21-27)41(48(44,45)32-18-19-34(46-6)35(24-32)47-7)26-36(42)40(25-30-16-12-9-13-17-30)33(37(43)39-38(3,4)5)23-29-14-10-8-11-15-29/h8-22,24,33H,23,25-26H2,1-7H3,(H,39,43). The Morgan fingerprint density at radius 2 is 1.33 bits per heavy atom. The van der Waals surface area contributed by atoms with E-state index in [0.29, 0.717) is 11.4 Å². The summed E-state index contributed by atoms with van der Waals surface area (Å²) in [5.41, 5.74) is 3.08. The monoisotopic (exact) mass is 671 g/mol. The van der Waals surface area contributed by atoms with E-state index in [-0.39, 0.29) is 29.5 Å². The fourth-order valence-electron chi connectivity index (χ4n) is 5.51. The van der Waals surface area contributed by atoms with Crippen LogP contribution in [0.3, 0.4) is 0 Å². The SMILES string of the molecule is COc1ccc(S(=O)(=O)N(CC(=O)N(Cc2ccccc2)C(Cc2ccccc2)C(=O)NC(C)(C)C)c2cc(C)cc(C)c2)cc1OC. The van der Waals surface area contributed by atoms with E-state index in [0.717, 1.165) is 26.6 Å². The van der Waals surface area contributed by atoms with Crippen LogP contribution in [0.2, 0.25) is 0 Å². The van der Waals surface area contributed by atoms with E-state index in [4.69, 9.17) is 9.47 Å². The quantitative estimate of drug-likeness (QED) is 0.185. The maximum atomic E-state index is 14.7. The van der Waals surface area contributed by atoms with Crippen molar-refractivity contribution in [1.29, 1.82) is 0 Å². The summed E-state index contributed by atoms with van der Waals surface area (Å²) < 4.78 is 40.9. The van der Waals surface area contributed by atoms with Crippen LogP contribution in [0.4, 0.5) is 5.69 Å². The Balaban J connectivity index is 1.85. The number of methoxy groups -OCH3 is 2. The van der Waals surface area contributed by atoms with Crippen LogP contribution >= 0.6 is 0 Å². The predicted octanol–water partition coefficient (Wildman–Crippen LogP) is 6.07. The number of carbonyl (C=O) groups is 2. The molecule has 48 heavy (non-hydrogen) atoms. The second kappa shape index (κ2) is 15.4. The third-order valence-electron chi connectivity index (χ3n) is 7.68. The van der Waals surface area contributed by atoms with Crippen LogP contribution in [-0.4, -0.2) is 57.5 Å². The lowest BCUT2D eigenvalue weighted by Crippen LogP contribution is -2.56. The highest BCUT2D eigenvalue weighted by molar-refractivity contribution is 7.92. The highest BCUT2D eigenvalue weighted by Crippen LogP contribution is 2.33. The van der Waals surface area contributed by atoms with Gasteiger partial charge in [-0.2, -0.15) is 0 Å². The minimum absolute atomic E-state index is 0.0759. The summed E-state index contributed by atoms with van der Waals surface area (Å²) in [6.45, 7) is 8.91. The van der Waals surface area contributed by atoms with Crippen molar-refractivity contribution in [3.63, 3.8) is 0 Å². The van der Waals surface area contributed by atoms with Crippen molar-refractivity contribution in [1.82, 2.24) is 10.2 Å². The molecule has 0 saturated carbocycles. The summed E-state index contributed by atoms with van der Waals surface area (Å²) >= 11 is 0. The maximum absolute atomic E-state index is 14.7. The Kier molecular flexibility index (Phi) is 11.5. The summed E-state index contributed by atoms with van der Waals surface area (Å²) in [5, 5.41) is 3.05. The zero-order chi connectivity index (χ0) is 35.1. The molecule has 0 bridgehead atoms. The fraction of sp³-hybridized carbons (Fsp3) is 0.316. The van der Waals surface area contributed by atoms with Gasteiger partial charge in [-0.3, -0.25) is 13.9 Å². The molecule has 0 heterocycles. The molecule has 10 heteroatoms. The maximum Gasteiger partial charge on any atom is 0.264 e. The molecular weight excluding hydrogens is 627 g/mol. The molecule has 1 unspecified atom stereocenters. The van der Waals surface area contributed by atoms with Gasteiger partial charge >= 0.3 is 0 Å². The first-order valence-corrected chi connectivity index (χ1v) is 17.2. The normalized spacial score (nSPS) is 12.1. The number of ether oxygens (including phenoxy) is 2. The largest absolute Gasteiger partial charge is 0.493 e. The lowest BCUT2D eigenvalue weighted by atomic mass is 10.0. The lowest BCUT2D eigenvalue weighted by molar-refractivity contribution is -0.140. The number of sulfonamides is 1. The van der Waals surface area contributed by atoms with Crippen LogP contribution in [0.5, 0.6) is 11.5 Å². The van der Waals surface area contributed by atoms with Crippen molar-refractivity contribution in [2.75, 3.05) is 25.1 Å². The average molecular weight is 672 g/mol. The number of nitrogens with one attached hydrogen (secondary N) is 1. The summed E-state index contributed by atoms with van der Waals surface area (Å²) in [7, 11) is -1.44. The van der Waals surface area contributed by atoms with E-state index < -0.39 is 34.1 Å². The summed E-state index contributed by atoms with van der Waals surface area (Å²) in [5.74, 6) is -0.269. The lowest BCUT2D eigenvalue weighted by Gasteiger charge is -2.35. The van der Waals surface area contributed by atoms with E-state index in [1.165, 1.54) is 37.3 Å². The molecule has 0 spiro atoms. The molecule has 2 amide bonds. The Labute approximate surface area is 284 Å². The van der Waals surface area contributed by atoms with Gasteiger partial charge in [-0.15, -0.1) is 0 Å². The summed E-state index contributed by atoms with van der Waals surface area (Å²) in [6.07, 6.45) is 0.229. The number of hydrogen-bond donors (Lipinski definition) is 1. The van der Waals surface area contributed by atoms with Gasteiger partial charge in [-0.05, 0) is 81.1 Å². The molecule has 0 aliphatic carbocycles. The highest BCUT2D eigenvalue weighted by Gasteiger charge is 2.36. The molecule has 0 aliphatic heterocycles. The average Bonchev–Trinajstić information content (AvgIpc) is 3.04. The molecule has 0 saturated heterocycles. The number of aryl methyl sites for hydroxylation is 2. The molecule has 4 aromatic carbocycles. The summed E-state index contributed by atoms with van der Waals surface area (Å²) in [6, 6.07) is 27.6. The van der Waals surface area contributed by atoms with Gasteiger partial charge in [-0.25, -0.2) is 8.42 Å². The van der Waals surface area contributed by atoms with Crippen LogP contribution in [0, 0.1) is 13.8 Å². The van der Waals surface area contributed by atoms with Crippen LogP contribution in [0.15, 0.2) is 102 Å². The molecule has 0 fully saturated rings. The first-order chi connectivity index (χ1) is 22.7. The first-order valence-electron chi connectivity index (χ1n) is 15.7. The van der Waals surface area contributed by atoms with Gasteiger partial charge in [-0.1, -0.05) is 66.7 Å². The van der Waals surface area contributed by atoms with Gasteiger partial charge in [0.1, 0.15) is 12.6 Å². The third kappa shape index (κ3) is 9.16. The van der Waals surface area contributed by atoms with Crippen molar-refractivity contribution >= 4 is 27.5 Å². The number of carbonyl (C=O) groups excluding carboxylic acids is 2. The Bertz CT molecular complexity index is 1800. The Morgan fingerprint density at radius 1 is 0.771 bits per heavy atom. The first kappa shape index (κ1) is 36.0. The minimum atomic E-state index is -4.33. The minimum Gasteiger partial charge on any atom is -0.493 e. The van der Waals surface area contributed by atoms with Gasteiger partial charge in [0, 0.05) is 24.6 Å². The number of anilines is 1. The molecule has 0 radical (unpaired) electrons. The zero-order valence-electron chi connectivity index (χ0n) is 28.7. The van der Waals surface area contributed by atoms with Gasteiger partial charge in [0.05, 0.1) is 24.8 Å². The molecular formula is C38H45N3O6S. The van der Waals surface area contributed by atoms with Crippen molar-refractivity contribution in [2.45, 2.75) is 64.1 Å². The number of benzene rings is 4. The topological polar surface area (TPSA) is 105 Å². The molecule has 9 nitrogen and oxygen atoms in total. The van der Waals surface area contributed by atoms with E-state index in [2.05, 4.69) is 5.32 Å². The van der Waals surface area contributed by atoms with E-state index >= 15 is 0 Å². The van der Waals surface area contributed by atoms with Gasteiger partial charge in [0.15, 0.2) is 11.5 Å². The summed E-state index contributed by atoms with van der Waals surface area (Å²) in [4.78, 5) is 30.1. The van der Waals surface area contributed by atoms with E-state index in [9.17, 15) is 18.0 Å². The van der Waals surface area contributed by atoms with Gasteiger partial charge in [0.25, 0.3) is 10.0 Å². The molecule has 0 aromatic heterocycles. The van der Waals surface area contributed by atoms with Crippen LogP contribution in [-0.2, 0) is 32.6 Å². The van der Waals surface area contributed by atoms with Crippen molar-refractivity contribution in [2.24, 2.45) is 0 Å². The highest BCUT2D eigenvalue weighted by atomic mass is 32.2. The second-order valence-electron chi connectivity index (χ2n) is 12.8. The van der Waals surface area contributed by atoms with Crippen molar-refractivity contribution < 1.29 is 27.5 Å². The van der Waals surface area contributed by atoms with Gasteiger partial charge < -0.3 is 19.7 Å². The molecule has 0 aliphatic rings. The number of amides is 2. The molecule has 4 aromatic rings. The van der Waals surface area contributed by atoms with E-state index in [1.54, 1.807) is 12.1 Å².